The Morgan fingerprint density at radius 1 is 1.22 bits per heavy atom. The summed E-state index contributed by atoms with van der Waals surface area (Å²) in [5.74, 6) is -0.628. The number of aliphatic imine (C=N–C) groups is 1. The van der Waals surface area contributed by atoms with Gasteiger partial charge in [0.25, 0.3) is 5.91 Å². The Kier molecular flexibility index (Phi) is 4.45. The molecule has 1 aliphatic rings. The number of anilines is 1. The molecule has 1 aliphatic heterocycles. The summed E-state index contributed by atoms with van der Waals surface area (Å²) in [6.07, 6.45) is 1.19. The summed E-state index contributed by atoms with van der Waals surface area (Å²) < 4.78 is 12.9. The smallest absolute Gasteiger partial charge is 0.262 e. The predicted molar refractivity (Wildman–Crippen MR) is 87.6 cm³/mol. The third kappa shape index (κ3) is 3.28. The Morgan fingerprint density at radius 2 is 1.96 bits per heavy atom. The first kappa shape index (κ1) is 15.7. The van der Waals surface area contributed by atoms with Gasteiger partial charge in [-0.05, 0) is 24.3 Å². The molecule has 2 aromatic rings. The Bertz CT molecular complexity index is 759. The number of amides is 1. The van der Waals surface area contributed by atoms with Crippen LogP contribution < -0.4 is 5.32 Å². The number of hydrogen-bond acceptors (Lipinski definition) is 4. The number of benzene rings is 1. The van der Waals surface area contributed by atoms with Crippen molar-refractivity contribution in [2.24, 2.45) is 4.99 Å². The topological polar surface area (TPSA) is 57.6 Å². The Hall–Kier alpha value is -2.18. The van der Waals surface area contributed by atoms with Crippen molar-refractivity contribution < 1.29 is 9.18 Å². The molecule has 1 aromatic heterocycles. The van der Waals surface area contributed by atoms with Crippen LogP contribution in [0, 0.1) is 5.95 Å². The number of carbonyl (C=O) groups is 1. The summed E-state index contributed by atoms with van der Waals surface area (Å²) in [6.45, 7) is 0.853. The van der Waals surface area contributed by atoms with Gasteiger partial charge in [-0.3, -0.25) is 14.7 Å². The van der Waals surface area contributed by atoms with Gasteiger partial charge in [-0.15, -0.1) is 0 Å². The van der Waals surface area contributed by atoms with Crippen molar-refractivity contribution in [2.45, 2.75) is 0 Å². The van der Waals surface area contributed by atoms with Gasteiger partial charge in [-0.2, -0.15) is 4.39 Å². The Labute approximate surface area is 141 Å². The molecule has 23 heavy (non-hydrogen) atoms. The molecule has 0 aliphatic carbocycles. The van der Waals surface area contributed by atoms with E-state index in [1.165, 1.54) is 17.2 Å². The molecule has 0 saturated carbocycles. The molecule has 0 atom stereocenters. The molecule has 5 nitrogen and oxygen atoms in total. The molecule has 8 heteroatoms. The maximum absolute atomic E-state index is 12.9. The van der Waals surface area contributed by atoms with Crippen LogP contribution in [0.5, 0.6) is 0 Å². The average molecular weight is 353 g/mol. The van der Waals surface area contributed by atoms with Gasteiger partial charge < -0.3 is 5.32 Å². The van der Waals surface area contributed by atoms with Crippen molar-refractivity contribution in [1.29, 1.82) is 0 Å². The van der Waals surface area contributed by atoms with Gasteiger partial charge in [0, 0.05) is 12.7 Å². The minimum atomic E-state index is -0.641. The number of halogens is 3. The molecular formula is C15H11Cl2FN4O. The zero-order valence-electron chi connectivity index (χ0n) is 11.8. The highest BCUT2D eigenvalue weighted by Gasteiger charge is 2.26. The van der Waals surface area contributed by atoms with Crippen LogP contribution in [0.1, 0.15) is 10.4 Å². The van der Waals surface area contributed by atoms with Crippen molar-refractivity contribution in [3.05, 3.63) is 58.1 Å². The summed E-state index contributed by atoms with van der Waals surface area (Å²) in [7, 11) is 0. The minimum absolute atomic E-state index is 0.271. The van der Waals surface area contributed by atoms with Crippen LogP contribution in [0.4, 0.5) is 10.1 Å². The zero-order chi connectivity index (χ0) is 16.4. The molecule has 2 heterocycles. The molecule has 1 aromatic carbocycles. The van der Waals surface area contributed by atoms with Crippen LogP contribution in [0.3, 0.4) is 0 Å². The van der Waals surface area contributed by atoms with Crippen molar-refractivity contribution >= 4 is 40.8 Å². The third-order valence-corrected chi connectivity index (χ3v) is 3.89. The highest BCUT2D eigenvalue weighted by molar-refractivity contribution is 6.40. The molecule has 1 N–H and O–H groups in total. The zero-order valence-corrected chi connectivity index (χ0v) is 13.3. The maximum atomic E-state index is 12.9. The molecule has 1 amide bonds. The van der Waals surface area contributed by atoms with Gasteiger partial charge in [0.2, 0.25) is 11.9 Å². The second kappa shape index (κ2) is 6.52. The average Bonchev–Trinajstić information content (AvgIpc) is 2.99. The fourth-order valence-corrected chi connectivity index (χ4v) is 2.63. The van der Waals surface area contributed by atoms with Gasteiger partial charge in [-0.1, -0.05) is 29.3 Å². The second-order valence-corrected chi connectivity index (χ2v) is 5.57. The van der Waals surface area contributed by atoms with Gasteiger partial charge in [0.1, 0.15) is 0 Å². The molecule has 0 radical (unpaired) electrons. The minimum Gasteiger partial charge on any atom is -0.323 e. The van der Waals surface area contributed by atoms with Gasteiger partial charge >= 0.3 is 0 Å². The molecule has 0 fully saturated rings. The summed E-state index contributed by atoms with van der Waals surface area (Å²) in [4.78, 5) is 21.7. The number of nitrogens with zero attached hydrogens (tertiary/aromatic N) is 3. The lowest BCUT2D eigenvalue weighted by Crippen LogP contribution is -2.38. The van der Waals surface area contributed by atoms with Gasteiger partial charge in [0.05, 0.1) is 27.8 Å². The van der Waals surface area contributed by atoms with Crippen LogP contribution in [0.15, 0.2) is 41.5 Å². The molecule has 0 spiro atoms. The fraction of sp³-hybridized carbons (Fsp3) is 0.133. The van der Waals surface area contributed by atoms with Crippen LogP contribution >= 0.6 is 23.2 Å². The standard InChI is InChI=1S/C15H11Cl2FN4O/c16-10-2-1-3-11(17)13(10)21-15-19-6-7-22(15)14(23)9-4-5-12(18)20-8-9/h1-5,8H,6-7H2,(H,19,21). The van der Waals surface area contributed by atoms with E-state index >= 15 is 0 Å². The maximum Gasteiger partial charge on any atom is 0.262 e. The number of para-hydroxylation sites is 1. The summed E-state index contributed by atoms with van der Waals surface area (Å²) in [5, 5.41) is 3.83. The molecule has 0 saturated heterocycles. The largest absolute Gasteiger partial charge is 0.323 e. The number of rotatable bonds is 2. The van der Waals surface area contributed by atoms with Crippen LogP contribution in [0.2, 0.25) is 10.0 Å². The number of pyridine rings is 1. The van der Waals surface area contributed by atoms with Crippen LogP contribution in [0.25, 0.3) is 0 Å². The Balaban J connectivity index is 1.83. The van der Waals surface area contributed by atoms with Crippen molar-refractivity contribution in [3.8, 4) is 0 Å². The monoisotopic (exact) mass is 352 g/mol. The predicted octanol–water partition coefficient (Wildman–Crippen LogP) is 3.45. The summed E-state index contributed by atoms with van der Waals surface area (Å²) in [5.41, 5.74) is 0.750. The van der Waals surface area contributed by atoms with Gasteiger partial charge in [-0.25, -0.2) is 4.98 Å². The fourth-order valence-electron chi connectivity index (χ4n) is 2.14. The molecule has 3 rings (SSSR count). The first-order valence-corrected chi connectivity index (χ1v) is 7.51. The second-order valence-electron chi connectivity index (χ2n) is 4.75. The van der Waals surface area contributed by atoms with E-state index in [0.717, 1.165) is 6.07 Å². The van der Waals surface area contributed by atoms with E-state index in [0.29, 0.717) is 34.8 Å². The first-order chi connectivity index (χ1) is 11.1. The van der Waals surface area contributed by atoms with E-state index in [4.69, 9.17) is 23.2 Å². The quantitative estimate of drug-likeness (QED) is 0.842. The number of guanidine groups is 1. The van der Waals surface area contributed by atoms with Gasteiger partial charge in [0.15, 0.2) is 0 Å². The lowest BCUT2D eigenvalue weighted by molar-refractivity contribution is 0.0857. The van der Waals surface area contributed by atoms with Crippen molar-refractivity contribution in [2.75, 3.05) is 18.4 Å². The van der Waals surface area contributed by atoms with E-state index in [1.54, 1.807) is 18.2 Å². The third-order valence-electron chi connectivity index (χ3n) is 3.26. The van der Waals surface area contributed by atoms with E-state index < -0.39 is 5.95 Å². The summed E-state index contributed by atoms with van der Waals surface area (Å²) >= 11 is 12.2. The van der Waals surface area contributed by atoms with Crippen molar-refractivity contribution in [3.63, 3.8) is 0 Å². The first-order valence-electron chi connectivity index (χ1n) is 6.75. The SMILES string of the molecule is O=C(c1ccc(F)nc1)N1CCN=C1Nc1c(Cl)cccc1Cl. The number of nitrogens with one attached hydrogen (secondary N) is 1. The number of aromatic nitrogens is 1. The van der Waals surface area contributed by atoms with Crippen LogP contribution in [-0.2, 0) is 0 Å². The van der Waals surface area contributed by atoms with Crippen molar-refractivity contribution in [1.82, 2.24) is 9.88 Å². The molecule has 118 valence electrons. The lowest BCUT2D eigenvalue weighted by atomic mass is 10.2. The molecular weight excluding hydrogens is 342 g/mol. The Morgan fingerprint density at radius 3 is 2.61 bits per heavy atom. The number of carbonyl (C=O) groups excluding carboxylic acids is 1. The van der Waals surface area contributed by atoms with E-state index in [-0.39, 0.29) is 11.5 Å². The number of hydrogen-bond donors (Lipinski definition) is 1. The molecule has 0 unspecified atom stereocenters. The van der Waals surface area contributed by atoms with E-state index in [9.17, 15) is 9.18 Å². The lowest BCUT2D eigenvalue weighted by Gasteiger charge is -2.20. The summed E-state index contributed by atoms with van der Waals surface area (Å²) in [6, 6.07) is 7.60. The van der Waals surface area contributed by atoms with Crippen LogP contribution in [-0.4, -0.2) is 34.8 Å². The molecule has 0 bridgehead atoms. The van der Waals surface area contributed by atoms with E-state index in [1.807, 2.05) is 0 Å². The van der Waals surface area contributed by atoms with E-state index in [2.05, 4.69) is 15.3 Å². The highest BCUT2D eigenvalue weighted by Crippen LogP contribution is 2.30. The normalized spacial score (nSPS) is 13.9. The highest BCUT2D eigenvalue weighted by atomic mass is 35.5.